The van der Waals surface area contributed by atoms with Crippen LogP contribution in [0.15, 0.2) is 24.4 Å². The molecule has 1 aromatic rings. The van der Waals surface area contributed by atoms with Crippen LogP contribution in [0.3, 0.4) is 0 Å². The van der Waals surface area contributed by atoms with E-state index in [0.29, 0.717) is 17.8 Å². The van der Waals surface area contributed by atoms with Gasteiger partial charge >= 0.3 is 6.03 Å². The number of carbonyl (C=O) groups is 1. The standard InChI is InChI=1S/C14H19N3O2/c18-14(16-13-3-1-2-7-15-13)17(12-4-5-12)9-11-6-8-19-10-11/h1-3,7,11-12H,4-6,8-10H2,(H,15,16,18). The van der Waals surface area contributed by atoms with Gasteiger partial charge in [-0.15, -0.1) is 0 Å². The third-order valence-electron chi connectivity index (χ3n) is 3.63. The van der Waals surface area contributed by atoms with E-state index in [2.05, 4.69) is 10.3 Å². The summed E-state index contributed by atoms with van der Waals surface area (Å²) in [6.45, 7) is 2.40. The minimum absolute atomic E-state index is 0.0342. The third-order valence-corrected chi connectivity index (χ3v) is 3.63. The molecule has 0 radical (unpaired) electrons. The van der Waals surface area contributed by atoms with E-state index >= 15 is 0 Å². The Hall–Kier alpha value is -1.62. The van der Waals surface area contributed by atoms with Crippen LogP contribution in [0.25, 0.3) is 0 Å². The van der Waals surface area contributed by atoms with Gasteiger partial charge < -0.3 is 9.64 Å². The average Bonchev–Trinajstić information content (AvgIpc) is 3.14. The number of amides is 2. The highest BCUT2D eigenvalue weighted by Gasteiger charge is 2.34. The second-order valence-corrected chi connectivity index (χ2v) is 5.26. The van der Waals surface area contributed by atoms with Gasteiger partial charge in [0.15, 0.2) is 0 Å². The SMILES string of the molecule is O=C(Nc1ccccn1)N(CC1CCOC1)C1CC1. The molecule has 1 unspecified atom stereocenters. The van der Waals surface area contributed by atoms with Crippen LogP contribution in [0.2, 0.25) is 0 Å². The number of aromatic nitrogens is 1. The van der Waals surface area contributed by atoms with E-state index in [1.807, 2.05) is 23.1 Å². The van der Waals surface area contributed by atoms with Gasteiger partial charge in [0.1, 0.15) is 5.82 Å². The molecular weight excluding hydrogens is 242 g/mol. The number of anilines is 1. The van der Waals surface area contributed by atoms with Crippen molar-refractivity contribution in [1.29, 1.82) is 0 Å². The summed E-state index contributed by atoms with van der Waals surface area (Å²) >= 11 is 0. The van der Waals surface area contributed by atoms with E-state index in [4.69, 9.17) is 4.74 Å². The summed E-state index contributed by atoms with van der Waals surface area (Å²) in [7, 11) is 0. The maximum absolute atomic E-state index is 12.3. The Kier molecular flexibility index (Phi) is 3.64. The van der Waals surface area contributed by atoms with Crippen LogP contribution in [0.5, 0.6) is 0 Å². The average molecular weight is 261 g/mol. The van der Waals surface area contributed by atoms with Crippen LogP contribution >= 0.6 is 0 Å². The smallest absolute Gasteiger partial charge is 0.323 e. The fourth-order valence-corrected chi connectivity index (χ4v) is 2.41. The van der Waals surface area contributed by atoms with Gasteiger partial charge in [-0.1, -0.05) is 6.07 Å². The number of hydrogen-bond donors (Lipinski definition) is 1. The summed E-state index contributed by atoms with van der Waals surface area (Å²) in [5, 5.41) is 2.87. The molecule has 19 heavy (non-hydrogen) atoms. The van der Waals surface area contributed by atoms with Crippen molar-refractivity contribution >= 4 is 11.8 Å². The Morgan fingerprint density at radius 3 is 2.95 bits per heavy atom. The van der Waals surface area contributed by atoms with Crippen LogP contribution in [-0.4, -0.2) is 41.7 Å². The number of urea groups is 1. The van der Waals surface area contributed by atoms with Gasteiger partial charge in [-0.3, -0.25) is 5.32 Å². The van der Waals surface area contributed by atoms with E-state index in [9.17, 15) is 4.79 Å². The normalized spacial score (nSPS) is 22.2. The van der Waals surface area contributed by atoms with Crippen molar-refractivity contribution in [3.8, 4) is 0 Å². The second-order valence-electron chi connectivity index (χ2n) is 5.26. The molecule has 102 valence electrons. The number of pyridine rings is 1. The molecule has 2 heterocycles. The molecule has 1 saturated carbocycles. The molecule has 5 heteroatoms. The summed E-state index contributed by atoms with van der Waals surface area (Å²) in [4.78, 5) is 18.4. The third kappa shape index (κ3) is 3.23. The van der Waals surface area contributed by atoms with Crippen molar-refractivity contribution in [3.63, 3.8) is 0 Å². The molecular formula is C14H19N3O2. The predicted molar refractivity (Wildman–Crippen MR) is 71.9 cm³/mol. The van der Waals surface area contributed by atoms with Gasteiger partial charge in [0.25, 0.3) is 0 Å². The van der Waals surface area contributed by atoms with Crippen molar-refractivity contribution < 1.29 is 9.53 Å². The first-order valence-corrected chi connectivity index (χ1v) is 6.89. The fraction of sp³-hybridized carbons (Fsp3) is 0.571. The first-order valence-electron chi connectivity index (χ1n) is 6.89. The molecule has 1 N–H and O–H groups in total. The molecule has 1 atom stereocenters. The summed E-state index contributed by atoms with van der Waals surface area (Å²) in [6.07, 6.45) is 4.97. The first-order chi connectivity index (χ1) is 9.33. The minimum Gasteiger partial charge on any atom is -0.381 e. The Balaban J connectivity index is 1.61. The quantitative estimate of drug-likeness (QED) is 0.903. The van der Waals surface area contributed by atoms with Gasteiger partial charge in [-0.25, -0.2) is 9.78 Å². The fourth-order valence-electron chi connectivity index (χ4n) is 2.41. The number of rotatable bonds is 4. The Morgan fingerprint density at radius 2 is 2.32 bits per heavy atom. The largest absolute Gasteiger partial charge is 0.381 e. The summed E-state index contributed by atoms with van der Waals surface area (Å²) < 4.78 is 5.39. The maximum atomic E-state index is 12.3. The van der Waals surface area contributed by atoms with E-state index in [-0.39, 0.29) is 6.03 Å². The zero-order valence-corrected chi connectivity index (χ0v) is 10.9. The summed E-state index contributed by atoms with van der Waals surface area (Å²) in [6, 6.07) is 5.89. The molecule has 1 aromatic heterocycles. The van der Waals surface area contributed by atoms with Crippen molar-refractivity contribution in [2.45, 2.75) is 25.3 Å². The van der Waals surface area contributed by atoms with E-state index in [0.717, 1.165) is 39.0 Å². The van der Waals surface area contributed by atoms with Crippen LogP contribution < -0.4 is 5.32 Å². The number of ether oxygens (including phenoxy) is 1. The number of nitrogens with zero attached hydrogens (tertiary/aromatic N) is 2. The summed E-state index contributed by atoms with van der Waals surface area (Å²) in [5.74, 6) is 1.09. The molecule has 0 bridgehead atoms. The lowest BCUT2D eigenvalue weighted by atomic mass is 10.1. The molecule has 2 aliphatic rings. The van der Waals surface area contributed by atoms with Gasteiger partial charge in [0.05, 0.1) is 6.61 Å². The molecule has 2 fully saturated rings. The lowest BCUT2D eigenvalue weighted by Crippen LogP contribution is -2.40. The lowest BCUT2D eigenvalue weighted by molar-refractivity contribution is 0.167. The lowest BCUT2D eigenvalue weighted by Gasteiger charge is -2.25. The predicted octanol–water partition coefficient (Wildman–Crippen LogP) is 2.11. The summed E-state index contributed by atoms with van der Waals surface area (Å²) in [5.41, 5.74) is 0. The highest BCUT2D eigenvalue weighted by atomic mass is 16.5. The molecule has 1 aliphatic carbocycles. The highest BCUT2D eigenvalue weighted by Crippen LogP contribution is 2.29. The molecule has 5 nitrogen and oxygen atoms in total. The maximum Gasteiger partial charge on any atom is 0.323 e. The molecule has 2 amide bonds. The number of hydrogen-bond acceptors (Lipinski definition) is 3. The van der Waals surface area contributed by atoms with Gasteiger partial charge in [0, 0.05) is 31.3 Å². The van der Waals surface area contributed by atoms with Crippen LogP contribution in [0.1, 0.15) is 19.3 Å². The van der Waals surface area contributed by atoms with E-state index in [1.54, 1.807) is 6.20 Å². The second kappa shape index (κ2) is 5.57. The van der Waals surface area contributed by atoms with Crippen LogP contribution in [0, 0.1) is 5.92 Å². The van der Waals surface area contributed by atoms with Crippen molar-refractivity contribution in [2.75, 3.05) is 25.1 Å². The van der Waals surface area contributed by atoms with E-state index < -0.39 is 0 Å². The van der Waals surface area contributed by atoms with Crippen LogP contribution in [-0.2, 0) is 4.74 Å². The molecule has 0 aromatic carbocycles. The van der Waals surface area contributed by atoms with Crippen molar-refractivity contribution in [2.24, 2.45) is 5.92 Å². The van der Waals surface area contributed by atoms with E-state index in [1.165, 1.54) is 0 Å². The first kappa shape index (κ1) is 12.4. The Morgan fingerprint density at radius 1 is 1.42 bits per heavy atom. The van der Waals surface area contributed by atoms with Gasteiger partial charge in [-0.05, 0) is 31.4 Å². The molecule has 1 aliphatic heterocycles. The molecule has 3 rings (SSSR count). The molecule has 1 saturated heterocycles. The molecule has 0 spiro atoms. The Labute approximate surface area is 113 Å². The van der Waals surface area contributed by atoms with Crippen molar-refractivity contribution in [3.05, 3.63) is 24.4 Å². The van der Waals surface area contributed by atoms with Gasteiger partial charge in [-0.2, -0.15) is 0 Å². The van der Waals surface area contributed by atoms with Gasteiger partial charge in [0.2, 0.25) is 0 Å². The zero-order chi connectivity index (χ0) is 13.1. The van der Waals surface area contributed by atoms with Crippen molar-refractivity contribution in [1.82, 2.24) is 9.88 Å². The zero-order valence-electron chi connectivity index (χ0n) is 10.9. The minimum atomic E-state index is -0.0342. The number of carbonyl (C=O) groups excluding carboxylic acids is 1. The van der Waals surface area contributed by atoms with Crippen LogP contribution in [0.4, 0.5) is 10.6 Å². The Bertz CT molecular complexity index is 428. The topological polar surface area (TPSA) is 54.5 Å². The number of nitrogens with one attached hydrogen (secondary N) is 1. The monoisotopic (exact) mass is 261 g/mol. The highest BCUT2D eigenvalue weighted by molar-refractivity contribution is 5.88.